The van der Waals surface area contributed by atoms with Crippen LogP contribution in [-0.4, -0.2) is 20.8 Å². The van der Waals surface area contributed by atoms with E-state index in [0.717, 1.165) is 37.9 Å². The van der Waals surface area contributed by atoms with Gasteiger partial charge >= 0.3 is 6.03 Å². The summed E-state index contributed by atoms with van der Waals surface area (Å²) >= 11 is 0. The standard InChI is InChI=1S/C17H21N5O/c23-17(20-16-10-14-6-3-4-8-22(14)21-16)19-13-9-12-5-1-2-7-15(12)18-11-13/h9-11H,1-8H2,(H2,19,20,21,23). The number of hydrogen-bond donors (Lipinski definition) is 2. The van der Waals surface area contributed by atoms with Gasteiger partial charge in [-0.05, 0) is 56.6 Å². The van der Waals surface area contributed by atoms with Crippen molar-refractivity contribution in [2.75, 3.05) is 10.6 Å². The Balaban J connectivity index is 1.42. The Morgan fingerprint density at radius 1 is 1.04 bits per heavy atom. The van der Waals surface area contributed by atoms with E-state index < -0.39 is 0 Å². The van der Waals surface area contributed by atoms with Gasteiger partial charge in [0.1, 0.15) is 0 Å². The molecule has 120 valence electrons. The van der Waals surface area contributed by atoms with Crippen LogP contribution in [-0.2, 0) is 25.8 Å². The van der Waals surface area contributed by atoms with Crippen molar-refractivity contribution in [3.8, 4) is 0 Å². The molecule has 23 heavy (non-hydrogen) atoms. The average molecular weight is 311 g/mol. The molecule has 1 aliphatic heterocycles. The first-order valence-corrected chi connectivity index (χ1v) is 8.40. The number of hydrogen-bond acceptors (Lipinski definition) is 3. The molecule has 0 saturated carbocycles. The van der Waals surface area contributed by atoms with E-state index in [4.69, 9.17) is 0 Å². The van der Waals surface area contributed by atoms with Gasteiger partial charge in [-0.3, -0.25) is 15.0 Å². The van der Waals surface area contributed by atoms with Gasteiger partial charge in [0.25, 0.3) is 0 Å². The largest absolute Gasteiger partial charge is 0.324 e. The molecule has 0 radical (unpaired) electrons. The van der Waals surface area contributed by atoms with Crippen LogP contribution in [0, 0.1) is 0 Å². The van der Waals surface area contributed by atoms with E-state index in [0.29, 0.717) is 5.82 Å². The van der Waals surface area contributed by atoms with Gasteiger partial charge < -0.3 is 5.32 Å². The predicted octanol–water partition coefficient (Wildman–Crippen LogP) is 3.14. The van der Waals surface area contributed by atoms with Crippen LogP contribution in [0.5, 0.6) is 0 Å². The number of urea groups is 1. The highest BCUT2D eigenvalue weighted by Crippen LogP contribution is 2.22. The van der Waals surface area contributed by atoms with E-state index in [2.05, 4.69) is 20.7 Å². The first-order chi connectivity index (χ1) is 11.3. The summed E-state index contributed by atoms with van der Waals surface area (Å²) in [5, 5.41) is 10.1. The maximum Gasteiger partial charge on any atom is 0.324 e. The average Bonchev–Trinajstić information content (AvgIpc) is 2.96. The monoisotopic (exact) mass is 311 g/mol. The van der Waals surface area contributed by atoms with Crippen molar-refractivity contribution >= 4 is 17.5 Å². The number of rotatable bonds is 2. The molecule has 6 nitrogen and oxygen atoms in total. The predicted molar refractivity (Wildman–Crippen MR) is 88.7 cm³/mol. The number of pyridine rings is 1. The van der Waals surface area contributed by atoms with Crippen molar-refractivity contribution in [3.05, 3.63) is 35.3 Å². The summed E-state index contributed by atoms with van der Waals surface area (Å²) in [7, 11) is 0. The minimum Gasteiger partial charge on any atom is -0.306 e. The number of amides is 2. The number of carbonyl (C=O) groups excluding carboxylic acids is 1. The number of aromatic nitrogens is 3. The Morgan fingerprint density at radius 2 is 1.91 bits per heavy atom. The summed E-state index contributed by atoms with van der Waals surface area (Å²) < 4.78 is 1.99. The maximum atomic E-state index is 12.2. The SMILES string of the molecule is O=C(Nc1cnc2c(c1)CCCC2)Nc1cc2n(n1)CCCC2. The zero-order chi connectivity index (χ0) is 15.6. The van der Waals surface area contributed by atoms with E-state index in [-0.39, 0.29) is 6.03 Å². The van der Waals surface area contributed by atoms with Crippen LogP contribution < -0.4 is 10.6 Å². The number of aryl methyl sites for hydroxylation is 4. The lowest BCUT2D eigenvalue weighted by atomic mass is 9.96. The van der Waals surface area contributed by atoms with Gasteiger partial charge in [-0.1, -0.05) is 0 Å². The highest BCUT2D eigenvalue weighted by atomic mass is 16.2. The fraction of sp³-hybridized carbons (Fsp3) is 0.471. The highest BCUT2D eigenvalue weighted by molar-refractivity contribution is 5.99. The number of nitrogens with zero attached hydrogens (tertiary/aromatic N) is 3. The minimum atomic E-state index is -0.266. The van der Waals surface area contributed by atoms with Crippen LogP contribution in [0.1, 0.15) is 42.6 Å². The highest BCUT2D eigenvalue weighted by Gasteiger charge is 2.15. The molecule has 2 aromatic heterocycles. The molecule has 0 unspecified atom stereocenters. The van der Waals surface area contributed by atoms with Gasteiger partial charge in [0.2, 0.25) is 0 Å². The molecule has 0 atom stereocenters. The third-order valence-corrected chi connectivity index (χ3v) is 4.59. The third-order valence-electron chi connectivity index (χ3n) is 4.59. The van der Waals surface area contributed by atoms with Gasteiger partial charge in [-0.2, -0.15) is 5.10 Å². The van der Waals surface area contributed by atoms with Gasteiger partial charge in [0.15, 0.2) is 5.82 Å². The van der Waals surface area contributed by atoms with Crippen molar-refractivity contribution < 1.29 is 4.79 Å². The Hall–Kier alpha value is -2.37. The second-order valence-corrected chi connectivity index (χ2v) is 6.32. The lowest BCUT2D eigenvalue weighted by Gasteiger charge is -2.15. The van der Waals surface area contributed by atoms with Crippen molar-refractivity contribution in [3.63, 3.8) is 0 Å². The van der Waals surface area contributed by atoms with Gasteiger partial charge in [0, 0.05) is 24.0 Å². The van der Waals surface area contributed by atoms with E-state index in [1.54, 1.807) is 6.20 Å². The summed E-state index contributed by atoms with van der Waals surface area (Å²) in [6, 6.07) is 3.74. The van der Waals surface area contributed by atoms with E-state index in [1.165, 1.54) is 36.2 Å². The smallest absolute Gasteiger partial charge is 0.306 e. The van der Waals surface area contributed by atoms with Crippen molar-refractivity contribution in [2.24, 2.45) is 0 Å². The first-order valence-electron chi connectivity index (χ1n) is 8.40. The number of anilines is 2. The molecule has 0 saturated heterocycles. The second kappa shape index (κ2) is 6.02. The molecule has 2 aliphatic rings. The molecular formula is C17H21N5O. The molecule has 4 rings (SSSR count). The second-order valence-electron chi connectivity index (χ2n) is 6.32. The first kappa shape index (κ1) is 14.2. The zero-order valence-electron chi connectivity index (χ0n) is 13.1. The molecule has 6 heteroatoms. The molecule has 2 aromatic rings. The van der Waals surface area contributed by atoms with Crippen LogP contribution in [0.25, 0.3) is 0 Å². The molecule has 0 spiro atoms. The Labute approximate surface area is 135 Å². The Bertz CT molecular complexity index is 713. The van der Waals surface area contributed by atoms with E-state index in [1.807, 2.05) is 16.8 Å². The van der Waals surface area contributed by atoms with Crippen molar-refractivity contribution in [1.29, 1.82) is 0 Å². The van der Waals surface area contributed by atoms with Crippen LogP contribution >= 0.6 is 0 Å². The number of carbonyl (C=O) groups is 1. The molecule has 2 amide bonds. The van der Waals surface area contributed by atoms with E-state index >= 15 is 0 Å². The summed E-state index contributed by atoms with van der Waals surface area (Å²) in [4.78, 5) is 16.6. The zero-order valence-corrected chi connectivity index (χ0v) is 13.1. The van der Waals surface area contributed by atoms with Gasteiger partial charge in [-0.15, -0.1) is 0 Å². The third kappa shape index (κ3) is 3.06. The molecule has 2 N–H and O–H groups in total. The summed E-state index contributed by atoms with van der Waals surface area (Å²) in [5.74, 6) is 0.616. The molecule has 1 aliphatic carbocycles. The van der Waals surface area contributed by atoms with Crippen molar-refractivity contribution in [1.82, 2.24) is 14.8 Å². The van der Waals surface area contributed by atoms with Crippen LogP contribution in [0.4, 0.5) is 16.3 Å². The number of nitrogens with one attached hydrogen (secondary N) is 2. The topological polar surface area (TPSA) is 71.8 Å². The van der Waals surface area contributed by atoms with Crippen LogP contribution in [0.15, 0.2) is 18.3 Å². The fourth-order valence-electron chi connectivity index (χ4n) is 3.41. The van der Waals surface area contributed by atoms with Gasteiger partial charge in [-0.25, -0.2) is 4.79 Å². The van der Waals surface area contributed by atoms with Crippen molar-refractivity contribution in [2.45, 2.75) is 51.5 Å². The molecule has 0 bridgehead atoms. The quantitative estimate of drug-likeness (QED) is 0.895. The molecule has 3 heterocycles. The fourth-order valence-corrected chi connectivity index (χ4v) is 3.41. The lowest BCUT2D eigenvalue weighted by Crippen LogP contribution is -2.20. The van der Waals surface area contributed by atoms with E-state index in [9.17, 15) is 4.79 Å². The molecule has 0 fully saturated rings. The Morgan fingerprint density at radius 3 is 2.83 bits per heavy atom. The summed E-state index contributed by atoms with van der Waals surface area (Å²) in [5.41, 5.74) is 4.37. The minimum absolute atomic E-state index is 0.266. The van der Waals surface area contributed by atoms with Gasteiger partial charge in [0.05, 0.1) is 11.9 Å². The maximum absolute atomic E-state index is 12.2. The lowest BCUT2D eigenvalue weighted by molar-refractivity contribution is 0.262. The van der Waals surface area contributed by atoms with Crippen LogP contribution in [0.3, 0.4) is 0 Å². The normalized spacial score (nSPS) is 16.3. The summed E-state index contributed by atoms with van der Waals surface area (Å²) in [6.07, 6.45) is 9.62. The number of fused-ring (bicyclic) bond motifs is 2. The van der Waals surface area contributed by atoms with Crippen LogP contribution in [0.2, 0.25) is 0 Å². The molecule has 0 aromatic carbocycles. The molecular weight excluding hydrogens is 290 g/mol. The Kier molecular flexibility index (Phi) is 3.73. The summed E-state index contributed by atoms with van der Waals surface area (Å²) in [6.45, 7) is 0.938.